The second-order valence-corrected chi connectivity index (χ2v) is 6.58. The Balaban J connectivity index is 2.39. The van der Waals surface area contributed by atoms with Gasteiger partial charge in [-0.05, 0) is 31.0 Å². The summed E-state index contributed by atoms with van der Waals surface area (Å²) in [6.07, 6.45) is 0.376. The number of carboxylic acids is 1. The number of aromatic hydroxyl groups is 1. The maximum Gasteiger partial charge on any atom is 0.339 e. The van der Waals surface area contributed by atoms with Gasteiger partial charge < -0.3 is 15.3 Å². The van der Waals surface area contributed by atoms with Gasteiger partial charge in [0.15, 0.2) is 0 Å². The number of carbonyl (C=O) groups is 1. The largest absolute Gasteiger partial charge is 0.507 e. The number of rotatable bonds is 3. The number of nitrogens with zero attached hydrogens (tertiary/aromatic N) is 1. The first-order valence-corrected chi connectivity index (χ1v) is 7.51. The van der Waals surface area contributed by atoms with Gasteiger partial charge in [-0.3, -0.25) is 0 Å². The Morgan fingerprint density at radius 3 is 2.65 bits per heavy atom. The van der Waals surface area contributed by atoms with Crippen LogP contribution >= 0.6 is 0 Å². The minimum absolute atomic E-state index is 0.00832. The third-order valence-corrected chi connectivity index (χ3v) is 5.06. The number of aromatic carboxylic acids is 1. The Morgan fingerprint density at radius 2 is 2.05 bits per heavy atom. The van der Waals surface area contributed by atoms with E-state index >= 15 is 0 Å². The van der Waals surface area contributed by atoms with Crippen molar-refractivity contribution in [3.8, 4) is 5.75 Å². The van der Waals surface area contributed by atoms with E-state index < -0.39 is 33.4 Å². The van der Waals surface area contributed by atoms with Gasteiger partial charge in [-0.15, -0.1) is 0 Å². The van der Waals surface area contributed by atoms with Crippen LogP contribution < -0.4 is 0 Å². The fourth-order valence-corrected chi connectivity index (χ4v) is 3.68. The van der Waals surface area contributed by atoms with Crippen molar-refractivity contribution in [2.45, 2.75) is 23.8 Å². The molecule has 0 unspecified atom stereocenters. The zero-order valence-electron chi connectivity index (χ0n) is 10.6. The van der Waals surface area contributed by atoms with Crippen molar-refractivity contribution in [3.63, 3.8) is 0 Å². The molecule has 1 fully saturated rings. The molecule has 110 valence electrons. The highest BCUT2D eigenvalue weighted by molar-refractivity contribution is 7.89. The molecule has 1 aliphatic heterocycles. The van der Waals surface area contributed by atoms with Crippen LogP contribution in [0.25, 0.3) is 0 Å². The lowest BCUT2D eigenvalue weighted by Gasteiger charge is -2.29. The van der Waals surface area contributed by atoms with E-state index in [1.54, 1.807) is 0 Å². The number of aliphatic hydroxyl groups is 1. The molecule has 8 heteroatoms. The molecule has 1 atom stereocenters. The van der Waals surface area contributed by atoms with Crippen molar-refractivity contribution < 1.29 is 28.5 Å². The number of benzene rings is 1. The van der Waals surface area contributed by atoms with Gasteiger partial charge in [-0.25, -0.2) is 13.2 Å². The molecule has 0 bridgehead atoms. The average molecular weight is 301 g/mol. The van der Waals surface area contributed by atoms with Crippen molar-refractivity contribution in [2.24, 2.45) is 0 Å². The first kappa shape index (κ1) is 14.8. The normalized spacial score (nSPS) is 20.8. The molecule has 1 aromatic carbocycles. The monoisotopic (exact) mass is 301 g/mol. The molecular weight excluding hydrogens is 286 g/mol. The number of hydrogen-bond acceptors (Lipinski definition) is 5. The van der Waals surface area contributed by atoms with Crippen molar-refractivity contribution >= 4 is 16.0 Å². The van der Waals surface area contributed by atoms with Gasteiger partial charge in [0.25, 0.3) is 0 Å². The molecule has 0 radical (unpaired) electrons. The van der Waals surface area contributed by atoms with E-state index in [-0.39, 0.29) is 18.0 Å². The lowest BCUT2D eigenvalue weighted by molar-refractivity contribution is 0.0693. The summed E-state index contributed by atoms with van der Waals surface area (Å²) in [7, 11) is -3.87. The van der Waals surface area contributed by atoms with Gasteiger partial charge in [0.2, 0.25) is 10.0 Å². The molecule has 1 heterocycles. The summed E-state index contributed by atoms with van der Waals surface area (Å²) >= 11 is 0. The van der Waals surface area contributed by atoms with E-state index in [9.17, 15) is 23.4 Å². The Bertz CT molecular complexity index is 627. The highest BCUT2D eigenvalue weighted by Gasteiger charge is 2.30. The van der Waals surface area contributed by atoms with E-state index in [0.717, 1.165) is 22.5 Å². The van der Waals surface area contributed by atoms with Gasteiger partial charge in [0, 0.05) is 13.1 Å². The lowest BCUT2D eigenvalue weighted by Crippen LogP contribution is -2.42. The van der Waals surface area contributed by atoms with Crippen LogP contribution in [0, 0.1) is 0 Å². The van der Waals surface area contributed by atoms with Crippen LogP contribution in [-0.2, 0) is 10.0 Å². The quantitative estimate of drug-likeness (QED) is 0.736. The number of β-amino-alcohol motifs (C(OH)–C–C–N with tert-alkyl or cyclic N) is 1. The molecule has 0 aliphatic carbocycles. The smallest absolute Gasteiger partial charge is 0.339 e. The molecule has 2 rings (SSSR count). The van der Waals surface area contributed by atoms with Crippen LogP contribution in [0.2, 0.25) is 0 Å². The zero-order valence-corrected chi connectivity index (χ0v) is 11.4. The zero-order chi connectivity index (χ0) is 14.9. The molecule has 1 aliphatic rings. The summed E-state index contributed by atoms with van der Waals surface area (Å²) in [4.78, 5) is 10.7. The van der Waals surface area contributed by atoms with Gasteiger partial charge in [-0.2, -0.15) is 4.31 Å². The molecule has 7 nitrogen and oxygen atoms in total. The van der Waals surface area contributed by atoms with Gasteiger partial charge in [0.1, 0.15) is 11.3 Å². The fourth-order valence-electron chi connectivity index (χ4n) is 2.14. The van der Waals surface area contributed by atoms with Crippen LogP contribution in [0.3, 0.4) is 0 Å². The van der Waals surface area contributed by atoms with E-state index in [1.165, 1.54) is 0 Å². The lowest BCUT2D eigenvalue weighted by atomic mass is 10.1. The van der Waals surface area contributed by atoms with E-state index in [4.69, 9.17) is 5.11 Å². The van der Waals surface area contributed by atoms with E-state index in [0.29, 0.717) is 12.8 Å². The number of hydrogen-bond donors (Lipinski definition) is 3. The summed E-state index contributed by atoms with van der Waals surface area (Å²) in [6, 6.07) is 3.11. The van der Waals surface area contributed by atoms with Crippen molar-refractivity contribution in [1.82, 2.24) is 4.31 Å². The molecule has 0 saturated carbocycles. The van der Waals surface area contributed by atoms with Crippen LogP contribution in [0.1, 0.15) is 23.2 Å². The van der Waals surface area contributed by atoms with Gasteiger partial charge in [-0.1, -0.05) is 0 Å². The standard InChI is InChI=1S/C12H15NO6S/c14-8-2-1-5-13(7-8)20(18,19)9-3-4-11(15)10(6-9)12(16)17/h3-4,6,8,14-15H,1-2,5,7H2,(H,16,17)/t8-/m0/s1. The number of sulfonamides is 1. The number of phenols is 1. The molecule has 1 aromatic rings. The molecule has 3 N–H and O–H groups in total. The average Bonchev–Trinajstić information content (AvgIpc) is 2.38. The summed E-state index contributed by atoms with van der Waals surface area (Å²) in [5, 5.41) is 27.8. The van der Waals surface area contributed by atoms with Crippen molar-refractivity contribution in [1.29, 1.82) is 0 Å². The maximum absolute atomic E-state index is 12.4. The van der Waals surface area contributed by atoms with E-state index in [1.807, 2.05) is 0 Å². The van der Waals surface area contributed by atoms with Crippen LogP contribution in [-0.4, -0.2) is 53.2 Å². The highest BCUT2D eigenvalue weighted by Crippen LogP contribution is 2.25. The predicted octanol–water partition coefficient (Wildman–Crippen LogP) is 0.236. The van der Waals surface area contributed by atoms with Gasteiger partial charge >= 0.3 is 5.97 Å². The Kier molecular flexibility index (Phi) is 3.98. The van der Waals surface area contributed by atoms with E-state index in [2.05, 4.69) is 0 Å². The first-order chi connectivity index (χ1) is 9.32. The van der Waals surface area contributed by atoms with Gasteiger partial charge in [0.05, 0.1) is 11.0 Å². The number of aliphatic hydroxyl groups excluding tert-OH is 1. The van der Waals surface area contributed by atoms with Crippen LogP contribution in [0.5, 0.6) is 5.75 Å². The Morgan fingerprint density at radius 1 is 1.35 bits per heavy atom. The third-order valence-electron chi connectivity index (χ3n) is 3.20. The minimum atomic E-state index is -3.87. The SMILES string of the molecule is O=C(O)c1cc(S(=O)(=O)N2CCC[C@H](O)C2)ccc1O. The highest BCUT2D eigenvalue weighted by atomic mass is 32.2. The summed E-state index contributed by atoms with van der Waals surface area (Å²) < 4.78 is 25.8. The third kappa shape index (κ3) is 2.77. The summed E-state index contributed by atoms with van der Waals surface area (Å²) in [5.41, 5.74) is -0.469. The topological polar surface area (TPSA) is 115 Å². The first-order valence-electron chi connectivity index (χ1n) is 6.07. The second-order valence-electron chi connectivity index (χ2n) is 4.64. The second kappa shape index (κ2) is 5.39. The fraction of sp³-hybridized carbons (Fsp3) is 0.417. The molecule has 0 aromatic heterocycles. The molecule has 0 spiro atoms. The minimum Gasteiger partial charge on any atom is -0.507 e. The maximum atomic E-state index is 12.4. The Labute approximate surface area is 116 Å². The molecule has 0 amide bonds. The summed E-state index contributed by atoms with van der Waals surface area (Å²) in [5.74, 6) is -1.90. The Hall–Kier alpha value is -1.64. The summed E-state index contributed by atoms with van der Waals surface area (Å²) in [6.45, 7) is 0.272. The number of carboxylic acid groups (broad SMARTS) is 1. The predicted molar refractivity (Wildman–Crippen MR) is 69.1 cm³/mol. The molecular formula is C12H15NO6S. The van der Waals surface area contributed by atoms with Crippen molar-refractivity contribution in [3.05, 3.63) is 23.8 Å². The number of piperidine rings is 1. The van der Waals surface area contributed by atoms with Crippen LogP contribution in [0.15, 0.2) is 23.1 Å². The van der Waals surface area contributed by atoms with Crippen molar-refractivity contribution in [2.75, 3.05) is 13.1 Å². The molecule has 1 saturated heterocycles. The van der Waals surface area contributed by atoms with Crippen LogP contribution in [0.4, 0.5) is 0 Å². The molecule has 20 heavy (non-hydrogen) atoms.